The second-order valence-corrected chi connectivity index (χ2v) is 5.30. The number of carboxylic acid groups (broad SMARTS) is 1. The lowest BCUT2D eigenvalue weighted by molar-refractivity contribution is -0.141. The molecular formula is C13H16N2O4. The van der Waals surface area contributed by atoms with Gasteiger partial charge in [0.1, 0.15) is 12.3 Å². The lowest BCUT2D eigenvalue weighted by Gasteiger charge is -2.32. The van der Waals surface area contributed by atoms with E-state index in [0.29, 0.717) is 12.3 Å². The summed E-state index contributed by atoms with van der Waals surface area (Å²) in [5.74, 6) is -0.938. The standard InChI is InChI=1S/C13H16N2O4/c16-12(9-5-6-19-14-9)15-10-4-2-1-3-8(10)7-11(15)13(17)18/h5-6,8,10-11H,1-4,7H2,(H,17,18). The van der Waals surface area contributed by atoms with Gasteiger partial charge in [-0.3, -0.25) is 4.79 Å². The van der Waals surface area contributed by atoms with Crippen molar-refractivity contribution in [3.05, 3.63) is 18.0 Å². The summed E-state index contributed by atoms with van der Waals surface area (Å²) in [6, 6.07) is 0.800. The zero-order valence-electron chi connectivity index (χ0n) is 10.5. The first-order valence-corrected chi connectivity index (χ1v) is 6.64. The van der Waals surface area contributed by atoms with E-state index in [2.05, 4.69) is 9.68 Å². The van der Waals surface area contributed by atoms with Crippen LogP contribution in [0.1, 0.15) is 42.6 Å². The number of likely N-dealkylation sites (tertiary alicyclic amines) is 1. The minimum atomic E-state index is -0.925. The molecule has 0 radical (unpaired) electrons. The molecule has 1 aromatic rings. The number of amides is 1. The summed E-state index contributed by atoms with van der Waals surface area (Å²) < 4.78 is 4.68. The van der Waals surface area contributed by atoms with E-state index >= 15 is 0 Å². The average molecular weight is 264 g/mol. The van der Waals surface area contributed by atoms with Crippen LogP contribution >= 0.6 is 0 Å². The Morgan fingerprint density at radius 1 is 1.37 bits per heavy atom. The van der Waals surface area contributed by atoms with E-state index in [-0.39, 0.29) is 17.6 Å². The number of nitrogens with zero attached hydrogens (tertiary/aromatic N) is 2. The smallest absolute Gasteiger partial charge is 0.326 e. The molecule has 2 fully saturated rings. The molecule has 0 aromatic carbocycles. The highest BCUT2D eigenvalue weighted by molar-refractivity contribution is 5.95. The van der Waals surface area contributed by atoms with Crippen LogP contribution in [0, 0.1) is 5.92 Å². The highest BCUT2D eigenvalue weighted by Gasteiger charge is 2.48. The van der Waals surface area contributed by atoms with E-state index in [4.69, 9.17) is 0 Å². The van der Waals surface area contributed by atoms with Crippen molar-refractivity contribution in [2.75, 3.05) is 0 Å². The molecule has 1 N–H and O–H groups in total. The predicted molar refractivity (Wildman–Crippen MR) is 64.5 cm³/mol. The van der Waals surface area contributed by atoms with Crippen LogP contribution in [0.4, 0.5) is 0 Å². The maximum atomic E-state index is 12.4. The molecule has 102 valence electrons. The Labute approximate surface area is 110 Å². The molecule has 0 bridgehead atoms. The molecule has 1 amide bonds. The highest BCUT2D eigenvalue weighted by atomic mass is 16.5. The van der Waals surface area contributed by atoms with Gasteiger partial charge in [0.25, 0.3) is 5.91 Å². The van der Waals surface area contributed by atoms with Gasteiger partial charge in [-0.1, -0.05) is 18.0 Å². The van der Waals surface area contributed by atoms with Crippen LogP contribution in [0.2, 0.25) is 0 Å². The molecule has 3 rings (SSSR count). The number of aromatic nitrogens is 1. The van der Waals surface area contributed by atoms with Crippen LogP contribution in [0.15, 0.2) is 16.9 Å². The van der Waals surface area contributed by atoms with Crippen molar-refractivity contribution in [1.29, 1.82) is 0 Å². The van der Waals surface area contributed by atoms with Crippen molar-refractivity contribution in [3.63, 3.8) is 0 Å². The van der Waals surface area contributed by atoms with Gasteiger partial charge in [-0.2, -0.15) is 0 Å². The zero-order chi connectivity index (χ0) is 13.4. The second-order valence-electron chi connectivity index (χ2n) is 5.30. The minimum absolute atomic E-state index is 0.0408. The highest BCUT2D eigenvalue weighted by Crippen LogP contribution is 2.40. The summed E-state index contributed by atoms with van der Waals surface area (Å²) >= 11 is 0. The number of carbonyl (C=O) groups is 2. The van der Waals surface area contributed by atoms with Crippen molar-refractivity contribution < 1.29 is 19.2 Å². The molecule has 2 heterocycles. The van der Waals surface area contributed by atoms with Crippen LogP contribution in [-0.2, 0) is 4.79 Å². The Kier molecular flexibility index (Phi) is 3.00. The molecule has 1 aliphatic carbocycles. The molecule has 6 nitrogen and oxygen atoms in total. The number of aliphatic carboxylic acids is 1. The Bertz CT molecular complexity index is 485. The lowest BCUT2D eigenvalue weighted by atomic mass is 9.84. The van der Waals surface area contributed by atoms with Gasteiger partial charge >= 0.3 is 5.97 Å². The first-order chi connectivity index (χ1) is 9.18. The van der Waals surface area contributed by atoms with Crippen molar-refractivity contribution in [1.82, 2.24) is 10.1 Å². The molecule has 19 heavy (non-hydrogen) atoms. The summed E-state index contributed by atoms with van der Waals surface area (Å²) in [4.78, 5) is 25.3. The van der Waals surface area contributed by atoms with E-state index in [0.717, 1.165) is 25.7 Å². The Morgan fingerprint density at radius 3 is 2.84 bits per heavy atom. The van der Waals surface area contributed by atoms with Crippen LogP contribution in [0.5, 0.6) is 0 Å². The van der Waals surface area contributed by atoms with Crippen LogP contribution in [0.3, 0.4) is 0 Å². The fourth-order valence-corrected chi connectivity index (χ4v) is 3.43. The van der Waals surface area contributed by atoms with Gasteiger partial charge in [-0.15, -0.1) is 0 Å². The topological polar surface area (TPSA) is 83.6 Å². The Morgan fingerprint density at radius 2 is 2.16 bits per heavy atom. The van der Waals surface area contributed by atoms with E-state index in [9.17, 15) is 14.7 Å². The molecule has 2 aliphatic rings. The van der Waals surface area contributed by atoms with Gasteiger partial charge in [0.15, 0.2) is 5.69 Å². The molecule has 3 unspecified atom stereocenters. The molecule has 1 aromatic heterocycles. The second kappa shape index (κ2) is 4.68. The third-order valence-electron chi connectivity index (χ3n) is 4.26. The van der Waals surface area contributed by atoms with Crippen LogP contribution < -0.4 is 0 Å². The van der Waals surface area contributed by atoms with Gasteiger partial charge in [0, 0.05) is 12.1 Å². The molecule has 0 spiro atoms. The van der Waals surface area contributed by atoms with Crippen molar-refractivity contribution >= 4 is 11.9 Å². The molecule has 1 aliphatic heterocycles. The van der Waals surface area contributed by atoms with Crippen LogP contribution in [-0.4, -0.2) is 39.1 Å². The number of hydrogen-bond acceptors (Lipinski definition) is 4. The van der Waals surface area contributed by atoms with Crippen molar-refractivity contribution in [3.8, 4) is 0 Å². The number of fused-ring (bicyclic) bond motifs is 1. The van der Waals surface area contributed by atoms with Gasteiger partial charge in [0.2, 0.25) is 0 Å². The maximum Gasteiger partial charge on any atom is 0.326 e. The summed E-state index contributed by atoms with van der Waals surface area (Å²) in [6.07, 6.45) is 5.96. The number of carbonyl (C=O) groups excluding carboxylic acids is 1. The summed E-state index contributed by atoms with van der Waals surface area (Å²) in [6.45, 7) is 0. The number of hydrogen-bond donors (Lipinski definition) is 1. The van der Waals surface area contributed by atoms with Crippen LogP contribution in [0.25, 0.3) is 0 Å². The third-order valence-corrected chi connectivity index (χ3v) is 4.26. The normalized spacial score (nSPS) is 30.1. The first kappa shape index (κ1) is 12.2. The van der Waals surface area contributed by atoms with E-state index < -0.39 is 12.0 Å². The van der Waals surface area contributed by atoms with Gasteiger partial charge in [0.05, 0.1) is 0 Å². The van der Waals surface area contributed by atoms with E-state index in [1.165, 1.54) is 17.2 Å². The van der Waals surface area contributed by atoms with E-state index in [1.807, 2.05) is 0 Å². The maximum absolute atomic E-state index is 12.4. The fraction of sp³-hybridized carbons (Fsp3) is 0.615. The van der Waals surface area contributed by atoms with Crippen molar-refractivity contribution in [2.24, 2.45) is 5.92 Å². The summed E-state index contributed by atoms with van der Waals surface area (Å²) in [7, 11) is 0. The molecular weight excluding hydrogens is 248 g/mol. The first-order valence-electron chi connectivity index (χ1n) is 6.64. The van der Waals surface area contributed by atoms with Crippen molar-refractivity contribution in [2.45, 2.75) is 44.2 Å². The number of carboxylic acids is 1. The minimum Gasteiger partial charge on any atom is -0.480 e. The Balaban J connectivity index is 1.90. The molecule has 6 heteroatoms. The van der Waals surface area contributed by atoms with Gasteiger partial charge < -0.3 is 14.5 Å². The molecule has 3 atom stereocenters. The average Bonchev–Trinajstić information content (AvgIpc) is 3.05. The Hall–Kier alpha value is -1.85. The third kappa shape index (κ3) is 2.01. The van der Waals surface area contributed by atoms with E-state index in [1.54, 1.807) is 0 Å². The number of rotatable bonds is 2. The lowest BCUT2D eigenvalue weighted by Crippen LogP contribution is -2.46. The molecule has 1 saturated heterocycles. The zero-order valence-corrected chi connectivity index (χ0v) is 10.5. The fourth-order valence-electron chi connectivity index (χ4n) is 3.43. The predicted octanol–water partition coefficient (Wildman–Crippen LogP) is 1.53. The molecule has 1 saturated carbocycles. The quantitative estimate of drug-likeness (QED) is 0.875. The van der Waals surface area contributed by atoms with Gasteiger partial charge in [-0.05, 0) is 25.2 Å². The SMILES string of the molecule is O=C(O)C1CC2CCCCC2N1C(=O)c1ccon1. The summed E-state index contributed by atoms with van der Waals surface area (Å²) in [5, 5.41) is 13.0. The van der Waals surface area contributed by atoms with Gasteiger partial charge in [-0.25, -0.2) is 4.79 Å². The monoisotopic (exact) mass is 264 g/mol. The summed E-state index contributed by atoms with van der Waals surface area (Å²) in [5.41, 5.74) is 0.192. The largest absolute Gasteiger partial charge is 0.480 e.